The Kier molecular flexibility index (Phi) is 5.19. The van der Waals surface area contributed by atoms with Gasteiger partial charge in [-0.1, -0.05) is 24.3 Å². The maximum absolute atomic E-state index is 13.9. The molecule has 0 saturated heterocycles. The Labute approximate surface area is 168 Å². The van der Waals surface area contributed by atoms with E-state index in [0.717, 1.165) is 0 Å². The highest BCUT2D eigenvalue weighted by molar-refractivity contribution is 6.22. The molecule has 8 nitrogen and oxygen atoms in total. The molecule has 2 N–H and O–H groups in total. The first-order chi connectivity index (χ1) is 13.9. The van der Waals surface area contributed by atoms with Gasteiger partial charge in [0.05, 0.1) is 13.7 Å². The number of hydrogen-bond acceptors (Lipinski definition) is 7. The summed E-state index contributed by atoms with van der Waals surface area (Å²) in [6, 6.07) is 6.87. The van der Waals surface area contributed by atoms with Crippen molar-refractivity contribution in [2.24, 2.45) is 5.73 Å². The summed E-state index contributed by atoms with van der Waals surface area (Å²) in [6.45, 7) is 7.04. The van der Waals surface area contributed by atoms with Crippen molar-refractivity contribution >= 4 is 23.5 Å². The van der Waals surface area contributed by atoms with Crippen LogP contribution in [-0.4, -0.2) is 38.1 Å². The molecule has 0 aliphatic carbocycles. The van der Waals surface area contributed by atoms with Crippen LogP contribution in [0.25, 0.3) is 0 Å². The van der Waals surface area contributed by atoms with Gasteiger partial charge < -0.3 is 24.8 Å². The monoisotopic (exact) mass is 398 g/mol. The molecular weight excluding hydrogens is 376 g/mol. The van der Waals surface area contributed by atoms with Crippen molar-refractivity contribution in [3.05, 3.63) is 65.3 Å². The van der Waals surface area contributed by atoms with E-state index in [2.05, 4.69) is 6.58 Å². The van der Waals surface area contributed by atoms with Crippen molar-refractivity contribution in [2.75, 3.05) is 25.2 Å². The lowest BCUT2D eigenvalue weighted by Gasteiger charge is -2.36. The molecule has 2 heterocycles. The van der Waals surface area contributed by atoms with Gasteiger partial charge in [0.1, 0.15) is 22.3 Å². The maximum atomic E-state index is 13.9. The third-order valence-corrected chi connectivity index (χ3v) is 4.96. The Morgan fingerprint density at radius 2 is 1.97 bits per heavy atom. The summed E-state index contributed by atoms with van der Waals surface area (Å²) in [6.07, 6.45) is 1.55. The number of fused-ring (bicyclic) bond motifs is 2. The van der Waals surface area contributed by atoms with Crippen LogP contribution in [0.3, 0.4) is 0 Å². The molecule has 3 rings (SSSR count). The third-order valence-electron chi connectivity index (χ3n) is 4.96. The molecule has 1 atom stereocenters. The van der Waals surface area contributed by atoms with Gasteiger partial charge in [-0.2, -0.15) is 0 Å². The van der Waals surface area contributed by atoms with Crippen molar-refractivity contribution in [3.8, 4) is 0 Å². The number of methoxy groups -OCH3 is 1. The van der Waals surface area contributed by atoms with Crippen molar-refractivity contribution < 1.29 is 28.6 Å². The van der Waals surface area contributed by atoms with E-state index in [9.17, 15) is 14.4 Å². The number of anilines is 1. The van der Waals surface area contributed by atoms with Gasteiger partial charge in [0.15, 0.2) is 0 Å². The van der Waals surface area contributed by atoms with Gasteiger partial charge in [-0.3, -0.25) is 4.79 Å². The summed E-state index contributed by atoms with van der Waals surface area (Å²) in [5.41, 5.74) is 4.83. The zero-order chi connectivity index (χ0) is 21.3. The summed E-state index contributed by atoms with van der Waals surface area (Å²) in [7, 11) is 1.19. The van der Waals surface area contributed by atoms with E-state index in [1.54, 1.807) is 37.3 Å². The van der Waals surface area contributed by atoms with Crippen LogP contribution in [0.4, 0.5) is 5.69 Å². The predicted molar refractivity (Wildman–Crippen MR) is 104 cm³/mol. The van der Waals surface area contributed by atoms with Gasteiger partial charge in [-0.25, -0.2) is 9.59 Å². The lowest BCUT2D eigenvalue weighted by atomic mass is 9.67. The van der Waals surface area contributed by atoms with E-state index in [1.165, 1.54) is 18.9 Å². The second kappa shape index (κ2) is 7.46. The average Bonchev–Trinajstić information content (AvgIpc) is 2.91. The molecule has 2 aliphatic rings. The Balaban J connectivity index is 2.45. The number of para-hydroxylation sites is 1. The molecule has 1 unspecified atom stereocenters. The number of carbonyl (C=O) groups is 3. The molecule has 0 radical (unpaired) electrons. The predicted octanol–water partition coefficient (Wildman–Crippen LogP) is 1.67. The summed E-state index contributed by atoms with van der Waals surface area (Å²) < 4.78 is 15.6. The Morgan fingerprint density at radius 1 is 1.28 bits per heavy atom. The van der Waals surface area contributed by atoms with Crippen LogP contribution in [0.15, 0.2) is 59.7 Å². The number of carbonyl (C=O) groups excluding carboxylic acids is 3. The van der Waals surface area contributed by atoms with Gasteiger partial charge in [-0.15, -0.1) is 6.58 Å². The molecule has 0 fully saturated rings. The summed E-state index contributed by atoms with van der Waals surface area (Å²) >= 11 is 0. The first kappa shape index (κ1) is 20.2. The van der Waals surface area contributed by atoms with Gasteiger partial charge in [0.25, 0.3) is 0 Å². The summed E-state index contributed by atoms with van der Waals surface area (Å²) in [4.78, 5) is 41.1. The fourth-order valence-electron chi connectivity index (χ4n) is 3.94. The molecule has 1 aromatic carbocycles. The van der Waals surface area contributed by atoms with E-state index in [-0.39, 0.29) is 35.9 Å². The third kappa shape index (κ3) is 2.71. The van der Waals surface area contributed by atoms with Crippen molar-refractivity contribution in [3.63, 3.8) is 0 Å². The summed E-state index contributed by atoms with van der Waals surface area (Å²) in [5.74, 6) is -2.40. The number of benzene rings is 1. The van der Waals surface area contributed by atoms with Crippen LogP contribution < -0.4 is 10.6 Å². The first-order valence-corrected chi connectivity index (χ1v) is 9.03. The second-order valence-corrected chi connectivity index (χ2v) is 6.46. The van der Waals surface area contributed by atoms with Crippen molar-refractivity contribution in [1.29, 1.82) is 0 Å². The van der Waals surface area contributed by atoms with E-state index in [4.69, 9.17) is 19.9 Å². The highest BCUT2D eigenvalue weighted by Crippen LogP contribution is 2.54. The maximum Gasteiger partial charge on any atom is 0.341 e. The lowest BCUT2D eigenvalue weighted by molar-refractivity contribution is -0.142. The number of ether oxygens (including phenoxy) is 3. The zero-order valence-corrected chi connectivity index (χ0v) is 16.5. The highest BCUT2D eigenvalue weighted by atomic mass is 16.5. The highest BCUT2D eigenvalue weighted by Gasteiger charge is 2.63. The van der Waals surface area contributed by atoms with E-state index in [0.29, 0.717) is 11.3 Å². The molecule has 0 bridgehead atoms. The van der Waals surface area contributed by atoms with E-state index < -0.39 is 23.3 Å². The first-order valence-electron chi connectivity index (χ1n) is 9.03. The lowest BCUT2D eigenvalue weighted by Crippen LogP contribution is -2.50. The van der Waals surface area contributed by atoms with Crippen LogP contribution in [0, 0.1) is 0 Å². The quantitative estimate of drug-likeness (QED) is 0.594. The molecule has 2 aliphatic heterocycles. The smallest absolute Gasteiger partial charge is 0.341 e. The molecule has 0 aromatic heterocycles. The van der Waals surface area contributed by atoms with Crippen LogP contribution in [0.2, 0.25) is 0 Å². The second-order valence-electron chi connectivity index (χ2n) is 6.46. The number of esters is 2. The minimum absolute atomic E-state index is 0.0498. The standard InChI is InChI=1S/C21H22N2O6/c1-5-11-23-14-10-8-7-9-13(14)21(20(23)26)15(18(24)27-4)12(3)29-17(22)16(21)19(25)28-6-2/h5,7-10H,1,6,11,22H2,2-4H3. The molecule has 1 amide bonds. The van der Waals surface area contributed by atoms with Crippen LogP contribution in [0.1, 0.15) is 19.4 Å². The largest absolute Gasteiger partial charge is 0.466 e. The molecule has 1 spiro atoms. The van der Waals surface area contributed by atoms with Crippen LogP contribution >= 0.6 is 0 Å². The van der Waals surface area contributed by atoms with Gasteiger partial charge in [0.2, 0.25) is 11.8 Å². The van der Waals surface area contributed by atoms with E-state index >= 15 is 0 Å². The fraction of sp³-hybridized carbons (Fsp3) is 0.286. The molecule has 29 heavy (non-hydrogen) atoms. The van der Waals surface area contributed by atoms with Crippen LogP contribution in [-0.2, 0) is 34.0 Å². The number of nitrogens with zero attached hydrogens (tertiary/aromatic N) is 1. The Morgan fingerprint density at radius 3 is 2.59 bits per heavy atom. The minimum Gasteiger partial charge on any atom is -0.466 e. The number of rotatable bonds is 5. The van der Waals surface area contributed by atoms with Gasteiger partial charge in [0, 0.05) is 17.8 Å². The Hall–Kier alpha value is -3.55. The number of hydrogen-bond donors (Lipinski definition) is 1. The Bertz CT molecular complexity index is 977. The molecule has 0 saturated carbocycles. The van der Waals surface area contributed by atoms with Gasteiger partial charge in [-0.05, 0) is 19.9 Å². The molecular formula is C21H22N2O6. The van der Waals surface area contributed by atoms with E-state index in [1.807, 2.05) is 0 Å². The van der Waals surface area contributed by atoms with Crippen molar-refractivity contribution in [1.82, 2.24) is 0 Å². The van der Waals surface area contributed by atoms with Crippen LogP contribution in [0.5, 0.6) is 0 Å². The fourth-order valence-corrected chi connectivity index (χ4v) is 3.94. The molecule has 1 aromatic rings. The number of nitrogens with two attached hydrogens (primary N) is 1. The van der Waals surface area contributed by atoms with Gasteiger partial charge >= 0.3 is 11.9 Å². The van der Waals surface area contributed by atoms with Crippen molar-refractivity contribution in [2.45, 2.75) is 19.3 Å². The minimum atomic E-state index is -1.84. The normalized spacial score (nSPS) is 20.5. The topological polar surface area (TPSA) is 108 Å². The summed E-state index contributed by atoms with van der Waals surface area (Å²) in [5, 5.41) is 0. The zero-order valence-electron chi connectivity index (χ0n) is 16.5. The SMILES string of the molecule is C=CCN1C(=O)C2(C(C(=O)OC)=C(C)OC(N)=C2C(=O)OCC)c2ccccc21. The molecule has 8 heteroatoms. The average molecular weight is 398 g/mol. The number of allylic oxidation sites excluding steroid dienone is 1. The molecule has 152 valence electrons. The number of amides is 1.